The van der Waals surface area contributed by atoms with Crippen molar-refractivity contribution in [3.8, 4) is 17.2 Å². The smallest absolute Gasteiger partial charge is 0.352 e. The highest BCUT2D eigenvalue weighted by molar-refractivity contribution is 5.65. The van der Waals surface area contributed by atoms with Crippen LogP contribution in [0.4, 0.5) is 0 Å². The molecule has 5 nitrogen and oxygen atoms in total. The molecule has 0 atom stereocenters. The summed E-state index contributed by atoms with van der Waals surface area (Å²) in [6, 6.07) is 2.91. The van der Waals surface area contributed by atoms with E-state index in [9.17, 15) is 9.90 Å². The molecule has 0 aliphatic carbocycles. The number of carbonyl (C=O) groups excluding carboxylic acids is 1. The molecule has 0 unspecified atom stereocenters. The van der Waals surface area contributed by atoms with E-state index in [1.54, 1.807) is 13.8 Å². The van der Waals surface area contributed by atoms with Gasteiger partial charge in [0.2, 0.25) is 5.75 Å². The molecule has 0 bridgehead atoms. The van der Waals surface area contributed by atoms with Gasteiger partial charge in [0, 0.05) is 12.5 Å². The zero-order chi connectivity index (χ0) is 12.1. The van der Waals surface area contributed by atoms with Gasteiger partial charge >= 0.3 is 5.97 Å². The highest BCUT2D eigenvalue weighted by Crippen LogP contribution is 2.36. The Morgan fingerprint density at radius 3 is 2.69 bits per heavy atom. The average Bonchev–Trinajstić information content (AvgIpc) is 2.24. The van der Waals surface area contributed by atoms with Crippen molar-refractivity contribution >= 4 is 5.97 Å². The molecule has 0 saturated heterocycles. The minimum absolute atomic E-state index is 0.0959. The number of hydrogen-bond acceptors (Lipinski definition) is 5. The molecule has 0 aliphatic heterocycles. The van der Waals surface area contributed by atoms with Crippen molar-refractivity contribution in [3.63, 3.8) is 0 Å². The Bertz CT molecular complexity index is 386. The summed E-state index contributed by atoms with van der Waals surface area (Å²) in [5.41, 5.74) is 0.534. The molecule has 1 aromatic rings. The van der Waals surface area contributed by atoms with E-state index in [2.05, 4.69) is 4.89 Å². The predicted octanol–water partition coefficient (Wildman–Crippen LogP) is 1.96. The molecule has 1 aromatic carbocycles. The lowest BCUT2D eigenvalue weighted by atomic mass is 10.2. The Labute approximate surface area is 93.5 Å². The van der Waals surface area contributed by atoms with Gasteiger partial charge < -0.3 is 9.84 Å². The van der Waals surface area contributed by atoms with Gasteiger partial charge in [-0.15, -0.1) is 0 Å². The lowest BCUT2D eigenvalue weighted by molar-refractivity contribution is -0.211. The normalized spacial score (nSPS) is 9.69. The van der Waals surface area contributed by atoms with E-state index in [0.29, 0.717) is 17.9 Å². The van der Waals surface area contributed by atoms with Crippen LogP contribution in [0.15, 0.2) is 12.1 Å². The van der Waals surface area contributed by atoms with Crippen molar-refractivity contribution < 1.29 is 24.4 Å². The first kappa shape index (κ1) is 12.2. The fourth-order valence-electron chi connectivity index (χ4n) is 1.15. The standard InChI is InChI=1S/C11H14O5/c1-4-14-11-7(2)9(13)5-6-10(11)16-15-8(3)12/h5-6,13H,4H2,1-3H3. The maximum Gasteiger partial charge on any atom is 0.352 e. The third-order valence-electron chi connectivity index (χ3n) is 1.88. The van der Waals surface area contributed by atoms with Gasteiger partial charge in [-0.05, 0) is 26.0 Å². The molecule has 0 heterocycles. The molecular weight excluding hydrogens is 212 g/mol. The van der Waals surface area contributed by atoms with Crippen LogP contribution in [-0.2, 0) is 9.68 Å². The van der Waals surface area contributed by atoms with Crippen molar-refractivity contribution in [2.24, 2.45) is 0 Å². The SMILES string of the molecule is CCOc1c(OOC(C)=O)ccc(O)c1C. The van der Waals surface area contributed by atoms with Gasteiger partial charge in [0.1, 0.15) is 5.75 Å². The number of benzene rings is 1. The quantitative estimate of drug-likeness (QED) is 0.628. The van der Waals surface area contributed by atoms with E-state index in [1.807, 2.05) is 0 Å². The monoisotopic (exact) mass is 226 g/mol. The van der Waals surface area contributed by atoms with Gasteiger partial charge in [-0.2, -0.15) is 0 Å². The van der Waals surface area contributed by atoms with Crippen molar-refractivity contribution in [1.82, 2.24) is 0 Å². The predicted molar refractivity (Wildman–Crippen MR) is 56.4 cm³/mol. The molecular formula is C11H14O5. The van der Waals surface area contributed by atoms with Crippen LogP contribution in [0.2, 0.25) is 0 Å². The highest BCUT2D eigenvalue weighted by atomic mass is 17.2. The summed E-state index contributed by atoms with van der Waals surface area (Å²) >= 11 is 0. The summed E-state index contributed by atoms with van der Waals surface area (Å²) in [7, 11) is 0. The molecule has 0 saturated carbocycles. The van der Waals surface area contributed by atoms with Crippen LogP contribution in [0.25, 0.3) is 0 Å². The molecule has 0 spiro atoms. The number of rotatable bonds is 4. The minimum atomic E-state index is -0.562. The molecule has 0 aromatic heterocycles. The van der Waals surface area contributed by atoms with Gasteiger partial charge in [-0.25, -0.2) is 4.79 Å². The van der Waals surface area contributed by atoms with Crippen molar-refractivity contribution in [1.29, 1.82) is 0 Å². The van der Waals surface area contributed by atoms with Crippen LogP contribution in [0.5, 0.6) is 17.2 Å². The molecule has 0 fully saturated rings. The maximum atomic E-state index is 10.6. The Kier molecular flexibility index (Phi) is 3.99. The Hall–Kier alpha value is -1.91. The van der Waals surface area contributed by atoms with Gasteiger partial charge in [0.05, 0.1) is 6.61 Å². The second-order valence-electron chi connectivity index (χ2n) is 3.13. The summed E-state index contributed by atoms with van der Waals surface area (Å²) in [6.45, 7) is 5.13. The first-order valence-electron chi connectivity index (χ1n) is 4.86. The van der Waals surface area contributed by atoms with Crippen LogP contribution < -0.4 is 9.62 Å². The van der Waals surface area contributed by atoms with Crippen LogP contribution in [-0.4, -0.2) is 17.7 Å². The second kappa shape index (κ2) is 5.25. The number of hydrogen-bond donors (Lipinski definition) is 1. The first-order chi connectivity index (χ1) is 7.56. The third kappa shape index (κ3) is 2.79. The fraction of sp³-hybridized carbons (Fsp3) is 0.364. The topological polar surface area (TPSA) is 65.0 Å². The zero-order valence-corrected chi connectivity index (χ0v) is 9.44. The molecule has 88 valence electrons. The van der Waals surface area contributed by atoms with E-state index in [4.69, 9.17) is 9.62 Å². The van der Waals surface area contributed by atoms with E-state index >= 15 is 0 Å². The number of phenolic OH excluding ortho intramolecular Hbond substituents is 1. The Morgan fingerprint density at radius 1 is 1.44 bits per heavy atom. The molecule has 0 radical (unpaired) electrons. The highest BCUT2D eigenvalue weighted by Gasteiger charge is 2.13. The summed E-state index contributed by atoms with van der Waals surface area (Å²) in [5.74, 6) is 0.155. The van der Waals surface area contributed by atoms with Crippen LogP contribution in [0, 0.1) is 6.92 Å². The molecule has 1 rings (SSSR count). The lowest BCUT2D eigenvalue weighted by Crippen LogP contribution is -2.05. The fourth-order valence-corrected chi connectivity index (χ4v) is 1.15. The lowest BCUT2D eigenvalue weighted by Gasteiger charge is -2.12. The summed E-state index contributed by atoms with van der Waals surface area (Å²) in [4.78, 5) is 19.8. The summed E-state index contributed by atoms with van der Waals surface area (Å²) in [5, 5.41) is 9.49. The largest absolute Gasteiger partial charge is 0.508 e. The molecule has 16 heavy (non-hydrogen) atoms. The molecule has 0 aliphatic rings. The number of ether oxygens (including phenoxy) is 1. The number of carbonyl (C=O) groups is 1. The summed E-state index contributed by atoms with van der Waals surface area (Å²) in [6.07, 6.45) is 0. The van der Waals surface area contributed by atoms with Crippen LogP contribution >= 0.6 is 0 Å². The maximum absolute atomic E-state index is 10.6. The van der Waals surface area contributed by atoms with Crippen LogP contribution in [0.3, 0.4) is 0 Å². The van der Waals surface area contributed by atoms with E-state index in [-0.39, 0.29) is 11.5 Å². The van der Waals surface area contributed by atoms with Crippen LogP contribution in [0.1, 0.15) is 19.4 Å². The van der Waals surface area contributed by atoms with Crippen molar-refractivity contribution in [2.75, 3.05) is 6.61 Å². The van der Waals surface area contributed by atoms with Gasteiger partial charge in [0.15, 0.2) is 5.75 Å². The molecule has 0 amide bonds. The second-order valence-corrected chi connectivity index (χ2v) is 3.13. The first-order valence-corrected chi connectivity index (χ1v) is 4.86. The Morgan fingerprint density at radius 2 is 2.12 bits per heavy atom. The van der Waals surface area contributed by atoms with Crippen molar-refractivity contribution in [3.05, 3.63) is 17.7 Å². The third-order valence-corrected chi connectivity index (χ3v) is 1.88. The number of phenols is 1. The molecule has 5 heteroatoms. The minimum Gasteiger partial charge on any atom is -0.508 e. The van der Waals surface area contributed by atoms with Gasteiger partial charge in [0.25, 0.3) is 0 Å². The molecule has 1 N–H and O–H groups in total. The zero-order valence-electron chi connectivity index (χ0n) is 9.44. The van der Waals surface area contributed by atoms with E-state index < -0.39 is 5.97 Å². The Balaban J connectivity index is 2.98. The summed E-state index contributed by atoms with van der Waals surface area (Å²) < 4.78 is 5.30. The van der Waals surface area contributed by atoms with E-state index in [0.717, 1.165) is 0 Å². The number of aromatic hydroxyl groups is 1. The average molecular weight is 226 g/mol. The van der Waals surface area contributed by atoms with Gasteiger partial charge in [-0.3, -0.25) is 9.78 Å². The van der Waals surface area contributed by atoms with Gasteiger partial charge in [-0.1, -0.05) is 0 Å². The van der Waals surface area contributed by atoms with E-state index in [1.165, 1.54) is 19.1 Å². The van der Waals surface area contributed by atoms with Crippen molar-refractivity contribution in [2.45, 2.75) is 20.8 Å².